The fourth-order valence-corrected chi connectivity index (χ4v) is 3.11. The molecule has 0 spiro atoms. The summed E-state index contributed by atoms with van der Waals surface area (Å²) in [5, 5.41) is 24.9. The Morgan fingerprint density at radius 1 is 1.29 bits per heavy atom. The van der Waals surface area contributed by atoms with Crippen LogP contribution in [0.2, 0.25) is 0 Å². The van der Waals surface area contributed by atoms with Crippen molar-refractivity contribution >= 4 is 17.5 Å². The summed E-state index contributed by atoms with van der Waals surface area (Å²) >= 11 is 0. The SMILES string of the molecule is CC1(C(O)C2(C#N)C=CC(c3ccccc3)=CC2)NC(=O)NC1=O. The van der Waals surface area contributed by atoms with Crippen molar-refractivity contribution in [3.63, 3.8) is 0 Å². The summed E-state index contributed by atoms with van der Waals surface area (Å²) in [6.45, 7) is 1.42. The number of hydrogen-bond acceptors (Lipinski definition) is 4. The molecule has 3 N–H and O–H groups in total. The monoisotopic (exact) mass is 323 g/mol. The average Bonchev–Trinajstić information content (AvgIpc) is 2.88. The lowest BCUT2D eigenvalue weighted by Crippen LogP contribution is -2.59. The predicted molar refractivity (Wildman–Crippen MR) is 87.3 cm³/mol. The zero-order chi connectivity index (χ0) is 17.4. The maximum absolute atomic E-state index is 12.0. The first kappa shape index (κ1) is 16.0. The highest BCUT2D eigenvalue weighted by molar-refractivity contribution is 6.07. The number of aliphatic hydroxyl groups excluding tert-OH is 1. The summed E-state index contributed by atoms with van der Waals surface area (Å²) in [7, 11) is 0. The molecule has 1 aromatic carbocycles. The van der Waals surface area contributed by atoms with Crippen LogP contribution < -0.4 is 10.6 Å². The number of rotatable bonds is 3. The summed E-state index contributed by atoms with van der Waals surface area (Å²) < 4.78 is 0. The molecule has 0 aromatic heterocycles. The number of benzene rings is 1. The van der Waals surface area contributed by atoms with Gasteiger partial charge >= 0.3 is 6.03 Å². The highest BCUT2D eigenvalue weighted by atomic mass is 16.3. The molecule has 3 atom stereocenters. The van der Waals surface area contributed by atoms with Crippen LogP contribution in [0.5, 0.6) is 0 Å². The summed E-state index contributed by atoms with van der Waals surface area (Å²) in [5.74, 6) is -0.638. The molecule has 6 heteroatoms. The molecule has 1 aromatic rings. The number of nitrogens with zero attached hydrogens (tertiary/aromatic N) is 1. The molecule has 1 aliphatic carbocycles. The third kappa shape index (κ3) is 2.39. The standard InChI is InChI=1S/C18H17N3O3/c1-17(15(23)20-16(24)21-17)14(22)18(11-19)9-7-13(8-10-18)12-5-3-2-4-6-12/h2-9,14,22H,10H2,1H3,(H2,20,21,23,24). The molecule has 3 amide bonds. The Labute approximate surface area is 139 Å². The van der Waals surface area contributed by atoms with E-state index in [4.69, 9.17) is 0 Å². The minimum absolute atomic E-state index is 0.240. The first-order valence-corrected chi connectivity index (χ1v) is 7.59. The summed E-state index contributed by atoms with van der Waals surface area (Å²) in [6.07, 6.45) is 4.10. The molecule has 0 radical (unpaired) electrons. The van der Waals surface area contributed by atoms with Crippen molar-refractivity contribution in [2.75, 3.05) is 0 Å². The van der Waals surface area contributed by atoms with E-state index < -0.39 is 29.0 Å². The third-order valence-corrected chi connectivity index (χ3v) is 4.64. The zero-order valence-corrected chi connectivity index (χ0v) is 13.1. The fraction of sp³-hybridized carbons (Fsp3) is 0.278. The van der Waals surface area contributed by atoms with Gasteiger partial charge in [-0.2, -0.15) is 5.26 Å². The minimum atomic E-state index is -1.55. The maximum Gasteiger partial charge on any atom is 0.322 e. The van der Waals surface area contributed by atoms with E-state index in [9.17, 15) is 20.0 Å². The van der Waals surface area contributed by atoms with Gasteiger partial charge in [0.25, 0.3) is 5.91 Å². The number of nitrogens with one attached hydrogen (secondary N) is 2. The van der Waals surface area contributed by atoms with E-state index in [0.29, 0.717) is 0 Å². The maximum atomic E-state index is 12.0. The summed E-state index contributed by atoms with van der Waals surface area (Å²) in [6, 6.07) is 11.1. The second-order valence-electron chi connectivity index (χ2n) is 6.23. The first-order chi connectivity index (χ1) is 11.4. The second kappa shape index (κ2) is 5.62. The molecule has 122 valence electrons. The van der Waals surface area contributed by atoms with Gasteiger partial charge in [-0.05, 0) is 24.5 Å². The molecule has 3 rings (SSSR count). The van der Waals surface area contributed by atoms with E-state index in [1.165, 1.54) is 6.92 Å². The van der Waals surface area contributed by atoms with E-state index in [1.54, 1.807) is 12.2 Å². The number of nitriles is 1. The van der Waals surface area contributed by atoms with Crippen molar-refractivity contribution in [2.24, 2.45) is 5.41 Å². The van der Waals surface area contributed by atoms with Crippen LogP contribution in [0.1, 0.15) is 18.9 Å². The minimum Gasteiger partial charge on any atom is -0.388 e. The van der Waals surface area contributed by atoms with E-state index in [0.717, 1.165) is 11.1 Å². The Kier molecular flexibility index (Phi) is 3.74. The van der Waals surface area contributed by atoms with Crippen LogP contribution in [-0.4, -0.2) is 28.7 Å². The van der Waals surface area contributed by atoms with Gasteiger partial charge < -0.3 is 10.4 Å². The topological polar surface area (TPSA) is 102 Å². The molecular formula is C18H17N3O3. The van der Waals surface area contributed by atoms with Crippen LogP contribution in [0, 0.1) is 16.7 Å². The van der Waals surface area contributed by atoms with Gasteiger partial charge in [-0.1, -0.05) is 48.6 Å². The van der Waals surface area contributed by atoms with Gasteiger partial charge in [0, 0.05) is 0 Å². The van der Waals surface area contributed by atoms with Gasteiger partial charge in [-0.15, -0.1) is 0 Å². The Hall–Kier alpha value is -2.91. The predicted octanol–water partition coefficient (Wildman–Crippen LogP) is 1.50. The Morgan fingerprint density at radius 3 is 2.50 bits per heavy atom. The van der Waals surface area contributed by atoms with Crippen molar-refractivity contribution < 1.29 is 14.7 Å². The van der Waals surface area contributed by atoms with Crippen LogP contribution in [0.4, 0.5) is 4.79 Å². The normalized spacial score (nSPS) is 30.1. The van der Waals surface area contributed by atoms with E-state index >= 15 is 0 Å². The molecule has 3 unspecified atom stereocenters. The lowest BCUT2D eigenvalue weighted by Gasteiger charge is -2.38. The molecule has 2 aliphatic rings. The molecule has 1 saturated heterocycles. The number of carbonyl (C=O) groups is 2. The third-order valence-electron chi connectivity index (χ3n) is 4.64. The van der Waals surface area contributed by atoms with Gasteiger partial charge in [0.05, 0.1) is 6.07 Å². The highest BCUT2D eigenvalue weighted by Crippen LogP contribution is 2.40. The van der Waals surface area contributed by atoms with Crippen LogP contribution in [-0.2, 0) is 4.79 Å². The van der Waals surface area contributed by atoms with Crippen molar-refractivity contribution in [3.05, 3.63) is 54.1 Å². The number of carbonyl (C=O) groups excluding carboxylic acids is 2. The van der Waals surface area contributed by atoms with Crippen molar-refractivity contribution in [1.29, 1.82) is 5.26 Å². The molecule has 1 heterocycles. The summed E-state index contributed by atoms with van der Waals surface area (Å²) in [4.78, 5) is 23.5. The molecule has 1 aliphatic heterocycles. The zero-order valence-electron chi connectivity index (χ0n) is 13.1. The lowest BCUT2D eigenvalue weighted by molar-refractivity contribution is -0.129. The molecule has 6 nitrogen and oxygen atoms in total. The van der Waals surface area contributed by atoms with Gasteiger partial charge in [-0.3, -0.25) is 10.1 Å². The number of amides is 3. The Morgan fingerprint density at radius 2 is 2.00 bits per heavy atom. The van der Waals surface area contributed by atoms with E-state index in [-0.39, 0.29) is 6.42 Å². The molecule has 0 bridgehead atoms. The highest BCUT2D eigenvalue weighted by Gasteiger charge is 2.55. The van der Waals surface area contributed by atoms with Crippen LogP contribution in [0.3, 0.4) is 0 Å². The van der Waals surface area contributed by atoms with Crippen LogP contribution in [0.25, 0.3) is 5.57 Å². The number of allylic oxidation sites excluding steroid dienone is 3. The second-order valence-corrected chi connectivity index (χ2v) is 6.23. The number of hydrogen-bond donors (Lipinski definition) is 3. The van der Waals surface area contributed by atoms with E-state index in [1.807, 2.05) is 36.4 Å². The van der Waals surface area contributed by atoms with E-state index in [2.05, 4.69) is 16.7 Å². The smallest absolute Gasteiger partial charge is 0.322 e. The van der Waals surface area contributed by atoms with Gasteiger partial charge in [0.2, 0.25) is 0 Å². The lowest BCUT2D eigenvalue weighted by atomic mass is 9.69. The van der Waals surface area contributed by atoms with Crippen LogP contribution in [0.15, 0.2) is 48.6 Å². The fourth-order valence-electron chi connectivity index (χ4n) is 3.11. The molecular weight excluding hydrogens is 306 g/mol. The molecule has 1 fully saturated rings. The number of aliphatic hydroxyl groups is 1. The van der Waals surface area contributed by atoms with Gasteiger partial charge in [0.1, 0.15) is 17.1 Å². The van der Waals surface area contributed by atoms with Crippen molar-refractivity contribution in [2.45, 2.75) is 25.0 Å². The van der Waals surface area contributed by atoms with Crippen molar-refractivity contribution in [3.8, 4) is 6.07 Å². The average molecular weight is 323 g/mol. The molecule has 24 heavy (non-hydrogen) atoms. The largest absolute Gasteiger partial charge is 0.388 e. The number of urea groups is 1. The van der Waals surface area contributed by atoms with Crippen LogP contribution >= 0.6 is 0 Å². The molecule has 0 saturated carbocycles. The van der Waals surface area contributed by atoms with Gasteiger partial charge in [0.15, 0.2) is 0 Å². The quantitative estimate of drug-likeness (QED) is 0.734. The number of imide groups is 1. The summed E-state index contributed by atoms with van der Waals surface area (Å²) in [5.41, 5.74) is -0.885. The van der Waals surface area contributed by atoms with Crippen molar-refractivity contribution in [1.82, 2.24) is 10.6 Å². The Bertz CT molecular complexity index is 793. The van der Waals surface area contributed by atoms with Gasteiger partial charge in [-0.25, -0.2) is 4.79 Å². The Balaban J connectivity index is 1.89. The first-order valence-electron chi connectivity index (χ1n) is 7.59.